The first-order valence-corrected chi connectivity index (χ1v) is 8.77. The highest BCUT2D eigenvalue weighted by molar-refractivity contribution is 5.99. The molecule has 0 aromatic carbocycles. The molecule has 27 heavy (non-hydrogen) atoms. The van der Waals surface area contributed by atoms with Gasteiger partial charge in [-0.2, -0.15) is 10.2 Å². The summed E-state index contributed by atoms with van der Waals surface area (Å²) in [6.07, 6.45) is 7.21. The topological polar surface area (TPSA) is 75.0 Å². The largest absolute Gasteiger partial charge is 0.481 e. The summed E-state index contributed by atoms with van der Waals surface area (Å²) < 4.78 is 32.1. The van der Waals surface area contributed by atoms with E-state index >= 15 is 0 Å². The molecule has 2 rings (SSSR count). The van der Waals surface area contributed by atoms with Gasteiger partial charge in [-0.25, -0.2) is 8.78 Å². The number of nitrogens with one attached hydrogen (secondary N) is 1. The Labute approximate surface area is 157 Å². The monoisotopic (exact) mass is 375 g/mol. The number of rotatable bonds is 6. The molecule has 1 N–H and O–H groups in total. The zero-order valence-corrected chi connectivity index (χ0v) is 15.5. The number of nitriles is 1. The predicted molar refractivity (Wildman–Crippen MR) is 99.4 cm³/mol. The molecule has 1 amide bonds. The van der Waals surface area contributed by atoms with Gasteiger partial charge in [0.2, 0.25) is 17.7 Å². The van der Waals surface area contributed by atoms with E-state index in [1.54, 1.807) is 12.1 Å². The van der Waals surface area contributed by atoms with E-state index in [2.05, 4.69) is 16.9 Å². The van der Waals surface area contributed by atoms with E-state index in [1.807, 2.05) is 12.1 Å². The van der Waals surface area contributed by atoms with Crippen LogP contribution in [0.2, 0.25) is 0 Å². The Hall–Kier alpha value is -2.75. The summed E-state index contributed by atoms with van der Waals surface area (Å²) in [6, 6.07) is 3.52. The molecule has 0 radical (unpaired) electrons. The Kier molecular flexibility index (Phi) is 6.67. The lowest BCUT2D eigenvalue weighted by molar-refractivity contribution is -0.111. The molecule has 0 spiro atoms. The summed E-state index contributed by atoms with van der Waals surface area (Å²) in [5.74, 6) is -3.20. The van der Waals surface area contributed by atoms with Crippen molar-refractivity contribution in [3.8, 4) is 11.9 Å². The van der Waals surface area contributed by atoms with Crippen LogP contribution in [-0.2, 0) is 4.79 Å². The molecule has 1 aromatic rings. The molecule has 144 valence electrons. The van der Waals surface area contributed by atoms with Crippen LogP contribution in [-0.4, -0.2) is 23.9 Å². The first kappa shape index (κ1) is 20.6. The van der Waals surface area contributed by atoms with Crippen LogP contribution < -0.4 is 10.1 Å². The van der Waals surface area contributed by atoms with Crippen LogP contribution in [0.1, 0.15) is 43.9 Å². The van der Waals surface area contributed by atoms with Gasteiger partial charge in [0.15, 0.2) is 5.69 Å². The van der Waals surface area contributed by atoms with Crippen molar-refractivity contribution >= 4 is 17.7 Å². The van der Waals surface area contributed by atoms with Crippen LogP contribution in [0, 0.1) is 23.2 Å². The van der Waals surface area contributed by atoms with E-state index in [1.165, 1.54) is 7.11 Å². The maximum atomic E-state index is 13.4. The average Bonchev–Trinajstić information content (AvgIpc) is 2.65. The highest BCUT2D eigenvalue weighted by atomic mass is 19.3. The minimum atomic E-state index is -2.63. The van der Waals surface area contributed by atoms with Gasteiger partial charge in [0, 0.05) is 11.5 Å². The van der Waals surface area contributed by atoms with Crippen molar-refractivity contribution in [3.63, 3.8) is 0 Å². The first-order valence-electron chi connectivity index (χ1n) is 8.77. The summed E-state index contributed by atoms with van der Waals surface area (Å²) in [5, 5.41) is 11.8. The van der Waals surface area contributed by atoms with Crippen LogP contribution in [0.4, 0.5) is 14.5 Å². The number of alkyl halides is 2. The van der Waals surface area contributed by atoms with Gasteiger partial charge in [0.05, 0.1) is 12.8 Å². The smallest absolute Gasteiger partial charge is 0.248 e. The fraction of sp³-hybridized carbons (Fsp3) is 0.450. The van der Waals surface area contributed by atoms with Gasteiger partial charge in [-0.15, -0.1) is 0 Å². The van der Waals surface area contributed by atoms with Crippen molar-refractivity contribution in [3.05, 3.63) is 36.1 Å². The molecule has 7 heteroatoms. The molecule has 0 bridgehead atoms. The second-order valence-electron chi connectivity index (χ2n) is 6.72. The minimum absolute atomic E-state index is 0.0323. The maximum absolute atomic E-state index is 13.4. The summed E-state index contributed by atoms with van der Waals surface area (Å²) in [7, 11) is 1.44. The number of methoxy groups -OCH3 is 1. The maximum Gasteiger partial charge on any atom is 0.248 e. The molecule has 0 unspecified atom stereocenters. The molecular formula is C20H23F2N3O2. The number of aromatic nitrogens is 1. The van der Waals surface area contributed by atoms with E-state index in [0.29, 0.717) is 31.2 Å². The van der Waals surface area contributed by atoms with Crippen molar-refractivity contribution in [1.82, 2.24) is 4.98 Å². The minimum Gasteiger partial charge on any atom is -0.481 e. The van der Waals surface area contributed by atoms with E-state index in [4.69, 9.17) is 4.74 Å². The summed E-state index contributed by atoms with van der Waals surface area (Å²) >= 11 is 0. The van der Waals surface area contributed by atoms with E-state index in [9.17, 15) is 18.8 Å². The van der Waals surface area contributed by atoms with Gasteiger partial charge < -0.3 is 10.1 Å². The first-order chi connectivity index (χ1) is 12.8. The SMILES string of the molecule is C=CC(=O)Nc1cc(/C=C/C2CCC(C(C)(F)F)CC2)c(OC)nc1C#N. The van der Waals surface area contributed by atoms with E-state index in [-0.39, 0.29) is 23.2 Å². The lowest BCUT2D eigenvalue weighted by Gasteiger charge is -2.30. The van der Waals surface area contributed by atoms with Gasteiger partial charge in [0.1, 0.15) is 6.07 Å². The number of amides is 1. The van der Waals surface area contributed by atoms with Crippen LogP contribution in [0.25, 0.3) is 6.08 Å². The third-order valence-corrected chi connectivity index (χ3v) is 4.79. The second kappa shape index (κ2) is 8.76. The number of hydrogen-bond donors (Lipinski definition) is 1. The zero-order chi connectivity index (χ0) is 20.0. The van der Waals surface area contributed by atoms with Crippen molar-refractivity contribution in [2.45, 2.75) is 38.5 Å². The Morgan fingerprint density at radius 3 is 2.63 bits per heavy atom. The molecule has 1 fully saturated rings. The molecule has 0 atom stereocenters. The van der Waals surface area contributed by atoms with Gasteiger partial charge in [-0.3, -0.25) is 4.79 Å². The number of hydrogen-bond acceptors (Lipinski definition) is 4. The Morgan fingerprint density at radius 1 is 1.44 bits per heavy atom. The molecule has 1 aromatic heterocycles. The second-order valence-corrected chi connectivity index (χ2v) is 6.72. The van der Waals surface area contributed by atoms with Crippen molar-refractivity contribution in [2.24, 2.45) is 11.8 Å². The van der Waals surface area contributed by atoms with Crippen LogP contribution in [0.5, 0.6) is 5.88 Å². The zero-order valence-electron chi connectivity index (χ0n) is 15.5. The fourth-order valence-electron chi connectivity index (χ4n) is 3.22. The number of ether oxygens (including phenoxy) is 1. The van der Waals surface area contributed by atoms with Crippen molar-refractivity contribution in [1.29, 1.82) is 5.26 Å². The molecule has 1 aliphatic carbocycles. The molecule has 1 aliphatic rings. The molecule has 1 saturated carbocycles. The van der Waals surface area contributed by atoms with E-state index < -0.39 is 17.7 Å². The number of carbonyl (C=O) groups excluding carboxylic acids is 1. The Morgan fingerprint density at radius 2 is 2.11 bits per heavy atom. The third kappa shape index (κ3) is 5.36. The molecular weight excluding hydrogens is 352 g/mol. The molecule has 0 aliphatic heterocycles. The molecule has 0 saturated heterocycles. The van der Waals surface area contributed by atoms with Gasteiger partial charge >= 0.3 is 0 Å². The van der Waals surface area contributed by atoms with Crippen LogP contribution in [0.15, 0.2) is 24.8 Å². The highest BCUT2D eigenvalue weighted by Gasteiger charge is 2.36. The number of carbonyl (C=O) groups is 1. The number of anilines is 1. The Balaban J connectivity index is 2.18. The summed E-state index contributed by atoms with van der Waals surface area (Å²) in [5.41, 5.74) is 0.890. The number of allylic oxidation sites excluding steroid dienone is 1. The highest BCUT2D eigenvalue weighted by Crippen LogP contribution is 2.39. The predicted octanol–water partition coefficient (Wildman–Crippen LogP) is 4.56. The fourth-order valence-corrected chi connectivity index (χ4v) is 3.22. The Bertz CT molecular complexity index is 771. The average molecular weight is 375 g/mol. The quantitative estimate of drug-likeness (QED) is 0.740. The third-order valence-electron chi connectivity index (χ3n) is 4.79. The van der Waals surface area contributed by atoms with E-state index in [0.717, 1.165) is 13.0 Å². The van der Waals surface area contributed by atoms with Crippen molar-refractivity contribution in [2.75, 3.05) is 12.4 Å². The number of halogens is 2. The number of nitrogens with zero attached hydrogens (tertiary/aromatic N) is 2. The molecule has 5 nitrogen and oxygen atoms in total. The number of pyridine rings is 1. The lowest BCUT2D eigenvalue weighted by atomic mass is 9.79. The van der Waals surface area contributed by atoms with Crippen molar-refractivity contribution < 1.29 is 18.3 Å². The molecule has 1 heterocycles. The standard InChI is InChI=1S/C20H23F2N3O2/c1-4-18(26)24-16-11-14(19(27-3)25-17(16)12-23)8-5-13-6-9-15(10-7-13)20(2,21)22/h4-5,8,11,13,15H,1,6-7,9-10H2,2-3H3,(H,24,26)/b8-5+. The summed E-state index contributed by atoms with van der Waals surface area (Å²) in [6.45, 7) is 4.37. The van der Waals surface area contributed by atoms with Crippen LogP contribution >= 0.6 is 0 Å². The lowest BCUT2D eigenvalue weighted by Crippen LogP contribution is -2.28. The van der Waals surface area contributed by atoms with Gasteiger partial charge in [-0.1, -0.05) is 18.7 Å². The van der Waals surface area contributed by atoms with Crippen LogP contribution in [0.3, 0.4) is 0 Å². The normalized spacial score (nSPS) is 20.1. The van der Waals surface area contributed by atoms with Gasteiger partial charge in [-0.05, 0) is 50.7 Å². The summed E-state index contributed by atoms with van der Waals surface area (Å²) in [4.78, 5) is 15.7. The van der Waals surface area contributed by atoms with Gasteiger partial charge in [0.25, 0.3) is 0 Å².